The van der Waals surface area contributed by atoms with Crippen molar-refractivity contribution in [2.24, 2.45) is 17.3 Å². The highest BCUT2D eigenvalue weighted by atomic mass is 32.2. The van der Waals surface area contributed by atoms with Gasteiger partial charge in [0.2, 0.25) is 23.6 Å². The van der Waals surface area contributed by atoms with Crippen molar-refractivity contribution in [1.29, 1.82) is 0 Å². The number of halogens is 3. The van der Waals surface area contributed by atoms with Crippen molar-refractivity contribution < 1.29 is 50.3 Å². The van der Waals surface area contributed by atoms with Gasteiger partial charge >= 0.3 is 12.1 Å². The molecular weight excluding hydrogens is 794 g/mol. The van der Waals surface area contributed by atoms with E-state index in [2.05, 4.69) is 24.1 Å². The molecule has 18 heteroatoms. The van der Waals surface area contributed by atoms with Crippen molar-refractivity contribution >= 4 is 45.2 Å². The summed E-state index contributed by atoms with van der Waals surface area (Å²) >= 11 is 0. The Bertz CT molecular complexity index is 1810. The molecule has 1 aromatic carbocycles. The number of sulfonamides is 1. The average Bonchev–Trinajstić information content (AvgIpc) is 3.63. The lowest BCUT2D eigenvalue weighted by Crippen LogP contribution is -2.60. The molecule has 2 fully saturated rings. The SMILES string of the molecule is CO[C@H]([C@@H](C)C(=O)NS(=O)(=O)c1ccc(NC(=O)C(F)(F)F)cc1)[C@@H]1CCCN1C(=O)/C(C)=C/C(C(C)C)N(C)C(=O)[C@@H](NC(=O)[C@H]1CCCCN1C(C)C)C(C)(C)C. The first-order valence-electron chi connectivity index (χ1n) is 20.1. The Balaban J connectivity index is 1.77. The number of hydrogen-bond donors (Lipinski definition) is 3. The first-order chi connectivity index (χ1) is 27.2. The van der Waals surface area contributed by atoms with Gasteiger partial charge in [-0.2, -0.15) is 13.2 Å². The van der Waals surface area contributed by atoms with Gasteiger partial charge in [0.25, 0.3) is 10.0 Å². The lowest BCUT2D eigenvalue weighted by molar-refractivity contribution is -0.167. The van der Waals surface area contributed by atoms with Crippen molar-refractivity contribution in [3.63, 3.8) is 0 Å². The van der Waals surface area contributed by atoms with E-state index >= 15 is 0 Å². The quantitative estimate of drug-likeness (QED) is 0.208. The van der Waals surface area contributed by atoms with Gasteiger partial charge in [-0.05, 0) is 88.6 Å². The Morgan fingerprint density at radius 3 is 2.07 bits per heavy atom. The van der Waals surface area contributed by atoms with Gasteiger partial charge in [0.1, 0.15) is 6.04 Å². The van der Waals surface area contributed by atoms with E-state index in [0.29, 0.717) is 31.4 Å². The van der Waals surface area contributed by atoms with E-state index in [-0.39, 0.29) is 41.4 Å². The molecule has 2 aliphatic heterocycles. The Morgan fingerprint density at radius 1 is 0.932 bits per heavy atom. The van der Waals surface area contributed by atoms with Crippen LogP contribution in [0.2, 0.25) is 0 Å². The molecule has 1 aromatic rings. The fourth-order valence-electron chi connectivity index (χ4n) is 7.83. The number of hydrogen-bond acceptors (Lipinski definition) is 9. The third-order valence-electron chi connectivity index (χ3n) is 11.2. The van der Waals surface area contributed by atoms with Crippen LogP contribution in [0.1, 0.15) is 94.4 Å². The standard InChI is InChI=1S/C41H63F3N6O8S/c1-24(2)32(48(10)38(54)34(40(7,8)9)46-36(52)31-15-12-13-21-49(31)25(3)4)23-26(5)37(53)50-22-14-16-30(50)33(58-11)27(6)35(51)47-59(56,57)29-19-17-28(18-20-29)45-39(55)41(42,43)44/h17-20,23-25,27,30-34H,12-16,21-22H2,1-11H3,(H,45,55)(H,46,52)(H,47,51)/b26-23+/t27-,30+,31-,32?,33-,34-/m1/s1. The van der Waals surface area contributed by atoms with E-state index in [0.717, 1.165) is 43.7 Å². The highest BCUT2D eigenvalue weighted by molar-refractivity contribution is 7.90. The summed E-state index contributed by atoms with van der Waals surface area (Å²) < 4.78 is 71.7. The number of benzene rings is 1. The van der Waals surface area contributed by atoms with Gasteiger partial charge in [0.05, 0.1) is 35.0 Å². The summed E-state index contributed by atoms with van der Waals surface area (Å²) in [5.41, 5.74) is -0.576. The number of rotatable bonds is 15. The number of carbonyl (C=O) groups is 5. The fourth-order valence-corrected chi connectivity index (χ4v) is 8.89. The third kappa shape index (κ3) is 12.5. The van der Waals surface area contributed by atoms with Gasteiger partial charge in [0, 0.05) is 38.0 Å². The zero-order valence-electron chi connectivity index (χ0n) is 36.1. The molecule has 2 aliphatic rings. The van der Waals surface area contributed by atoms with Crippen LogP contribution in [-0.2, 0) is 38.7 Å². The molecular formula is C41H63F3N6O8S. The van der Waals surface area contributed by atoms with Crippen LogP contribution >= 0.6 is 0 Å². The van der Waals surface area contributed by atoms with Gasteiger partial charge < -0.3 is 25.2 Å². The minimum atomic E-state index is -5.14. The van der Waals surface area contributed by atoms with Crippen LogP contribution < -0.4 is 15.4 Å². The van der Waals surface area contributed by atoms with Gasteiger partial charge in [-0.25, -0.2) is 13.1 Å². The zero-order chi connectivity index (χ0) is 44.8. The number of ether oxygens (including phenoxy) is 1. The summed E-state index contributed by atoms with van der Waals surface area (Å²) in [7, 11) is -1.47. The summed E-state index contributed by atoms with van der Waals surface area (Å²) in [4.78, 5) is 71.7. The molecule has 0 radical (unpaired) electrons. The van der Waals surface area contributed by atoms with Crippen LogP contribution in [0.25, 0.3) is 0 Å². The predicted octanol–water partition coefficient (Wildman–Crippen LogP) is 4.86. The summed E-state index contributed by atoms with van der Waals surface area (Å²) in [6.07, 6.45) is -0.627. The number of alkyl halides is 3. The van der Waals surface area contributed by atoms with E-state index in [1.165, 1.54) is 14.0 Å². The van der Waals surface area contributed by atoms with E-state index in [9.17, 15) is 45.6 Å². The molecule has 0 aliphatic carbocycles. The summed E-state index contributed by atoms with van der Waals surface area (Å²) in [5.74, 6) is -5.17. The molecule has 3 N–H and O–H groups in total. The normalized spacial score (nSPS) is 20.5. The Hall–Kier alpha value is -4.03. The van der Waals surface area contributed by atoms with Crippen molar-refractivity contribution in [2.75, 3.05) is 32.6 Å². The maximum Gasteiger partial charge on any atom is 0.471 e. The zero-order valence-corrected chi connectivity index (χ0v) is 36.9. The van der Waals surface area contributed by atoms with Crippen molar-refractivity contribution in [3.05, 3.63) is 35.9 Å². The average molecular weight is 857 g/mol. The third-order valence-corrected chi connectivity index (χ3v) is 12.5. The van der Waals surface area contributed by atoms with Crippen molar-refractivity contribution in [2.45, 2.75) is 142 Å². The van der Waals surface area contributed by atoms with Crippen LogP contribution in [0.5, 0.6) is 0 Å². The Labute approximate surface area is 347 Å². The molecule has 14 nitrogen and oxygen atoms in total. The molecule has 1 unspecified atom stereocenters. The van der Waals surface area contributed by atoms with Crippen LogP contribution in [0, 0.1) is 17.3 Å². The van der Waals surface area contributed by atoms with Crippen LogP contribution in [0.3, 0.4) is 0 Å². The van der Waals surface area contributed by atoms with Gasteiger partial charge in [-0.3, -0.25) is 28.9 Å². The first kappa shape index (κ1) is 49.3. The summed E-state index contributed by atoms with van der Waals surface area (Å²) in [6, 6.07) is 1.66. The van der Waals surface area contributed by atoms with Gasteiger partial charge in [0.15, 0.2) is 0 Å². The lowest BCUT2D eigenvalue weighted by atomic mass is 9.84. The van der Waals surface area contributed by atoms with E-state index in [4.69, 9.17) is 4.74 Å². The first-order valence-corrected chi connectivity index (χ1v) is 21.6. The number of nitrogens with one attached hydrogen (secondary N) is 3. The number of anilines is 1. The van der Waals surface area contributed by atoms with Gasteiger partial charge in [-0.1, -0.05) is 54.0 Å². The van der Waals surface area contributed by atoms with Crippen LogP contribution in [-0.4, -0.2) is 122 Å². The minimum absolute atomic E-state index is 0.126. The molecule has 0 bridgehead atoms. The molecule has 2 saturated heterocycles. The number of likely N-dealkylation sites (tertiary alicyclic amines) is 2. The number of likely N-dealkylation sites (N-methyl/N-ethyl adjacent to an activating group) is 1. The molecule has 332 valence electrons. The molecule has 5 amide bonds. The smallest absolute Gasteiger partial charge is 0.378 e. The van der Waals surface area contributed by atoms with E-state index in [1.54, 1.807) is 35.2 Å². The number of nitrogens with zero attached hydrogens (tertiary/aromatic N) is 3. The number of amides is 5. The Morgan fingerprint density at radius 2 is 1.54 bits per heavy atom. The second-order valence-corrected chi connectivity index (χ2v) is 19.0. The van der Waals surface area contributed by atoms with Crippen molar-refractivity contribution in [3.8, 4) is 0 Å². The van der Waals surface area contributed by atoms with Crippen molar-refractivity contribution in [1.82, 2.24) is 24.7 Å². The molecule has 6 atom stereocenters. The maximum absolute atomic E-state index is 14.3. The maximum atomic E-state index is 14.3. The number of carbonyl (C=O) groups excluding carboxylic acids is 5. The van der Waals surface area contributed by atoms with Crippen LogP contribution in [0.4, 0.5) is 18.9 Å². The number of piperidine rings is 1. The van der Waals surface area contributed by atoms with E-state index < -0.39 is 68.5 Å². The topological polar surface area (TPSA) is 175 Å². The van der Waals surface area contributed by atoms with Crippen LogP contribution in [0.15, 0.2) is 40.8 Å². The monoisotopic (exact) mass is 856 g/mol. The molecule has 0 spiro atoms. The highest BCUT2D eigenvalue weighted by Crippen LogP contribution is 2.30. The fraction of sp³-hybridized carbons (Fsp3) is 0.683. The second kappa shape index (κ2) is 20.0. The summed E-state index contributed by atoms with van der Waals surface area (Å²) in [5, 5.41) is 4.71. The lowest BCUT2D eigenvalue weighted by Gasteiger charge is -2.41. The molecule has 59 heavy (non-hydrogen) atoms. The molecule has 3 rings (SSSR count). The molecule has 0 saturated carbocycles. The number of methoxy groups -OCH3 is 1. The molecule has 0 aromatic heterocycles. The second-order valence-electron chi connectivity index (χ2n) is 17.3. The molecule has 2 heterocycles. The summed E-state index contributed by atoms with van der Waals surface area (Å²) in [6.45, 7) is 18.0. The minimum Gasteiger partial charge on any atom is -0.378 e. The van der Waals surface area contributed by atoms with E-state index in [1.807, 2.05) is 39.3 Å². The predicted molar refractivity (Wildman–Crippen MR) is 217 cm³/mol. The Kier molecular flexibility index (Phi) is 16.7. The largest absolute Gasteiger partial charge is 0.471 e. The highest BCUT2D eigenvalue weighted by Gasteiger charge is 2.43. The van der Waals surface area contributed by atoms with Gasteiger partial charge in [-0.15, -0.1) is 0 Å².